The highest BCUT2D eigenvalue weighted by Gasteiger charge is 2.16. The van der Waals surface area contributed by atoms with E-state index in [0.29, 0.717) is 17.0 Å². The van der Waals surface area contributed by atoms with Crippen LogP contribution in [0, 0.1) is 0 Å². The van der Waals surface area contributed by atoms with Crippen molar-refractivity contribution in [3.63, 3.8) is 0 Å². The Morgan fingerprint density at radius 1 is 0.969 bits per heavy atom. The van der Waals surface area contributed by atoms with Crippen molar-refractivity contribution >= 4 is 33.5 Å². The molecule has 2 heterocycles. The lowest BCUT2D eigenvalue weighted by atomic mass is 10.1. The van der Waals surface area contributed by atoms with E-state index in [9.17, 15) is 9.59 Å². The smallest absolute Gasteiger partial charge is 0.276 e. The first-order valence-electron chi connectivity index (χ1n) is 10.0. The Bertz CT molecular complexity index is 1500. The maximum atomic E-state index is 12.9. The van der Waals surface area contributed by atoms with E-state index in [-0.39, 0.29) is 17.8 Å². The fraction of sp³-hybridized carbons (Fsp3) is 0.0800. The SMILES string of the molecule is COc1cc2c(cc1NC(=O)c1ccc(=O)n(Cc3ccccc3)n1)oc1ccccc12. The van der Waals surface area contributed by atoms with Crippen molar-refractivity contribution in [3.8, 4) is 5.75 Å². The third-order valence-corrected chi connectivity index (χ3v) is 5.22. The van der Waals surface area contributed by atoms with E-state index in [2.05, 4.69) is 10.4 Å². The van der Waals surface area contributed by atoms with Crippen molar-refractivity contribution in [2.24, 2.45) is 0 Å². The molecule has 0 aliphatic carbocycles. The Balaban J connectivity index is 1.47. The molecule has 3 aromatic carbocycles. The summed E-state index contributed by atoms with van der Waals surface area (Å²) < 4.78 is 12.7. The summed E-state index contributed by atoms with van der Waals surface area (Å²) in [7, 11) is 1.54. The Morgan fingerprint density at radius 3 is 2.56 bits per heavy atom. The number of benzene rings is 3. The van der Waals surface area contributed by atoms with Gasteiger partial charge < -0.3 is 14.5 Å². The van der Waals surface area contributed by atoms with Crippen molar-refractivity contribution < 1.29 is 13.9 Å². The molecule has 0 fully saturated rings. The van der Waals surface area contributed by atoms with Gasteiger partial charge in [0.15, 0.2) is 0 Å². The highest BCUT2D eigenvalue weighted by atomic mass is 16.5. The third-order valence-electron chi connectivity index (χ3n) is 5.22. The number of fused-ring (bicyclic) bond motifs is 3. The maximum Gasteiger partial charge on any atom is 0.276 e. The van der Waals surface area contributed by atoms with Gasteiger partial charge in [-0.1, -0.05) is 48.5 Å². The molecule has 5 rings (SSSR count). The summed E-state index contributed by atoms with van der Waals surface area (Å²) >= 11 is 0. The van der Waals surface area contributed by atoms with Crippen LogP contribution >= 0.6 is 0 Å². The number of carbonyl (C=O) groups is 1. The van der Waals surface area contributed by atoms with Crippen LogP contribution in [0.2, 0.25) is 0 Å². The molecule has 5 aromatic rings. The van der Waals surface area contributed by atoms with E-state index < -0.39 is 5.91 Å². The molecule has 158 valence electrons. The number of hydrogen-bond acceptors (Lipinski definition) is 5. The molecule has 0 unspecified atom stereocenters. The number of nitrogens with zero attached hydrogens (tertiary/aromatic N) is 2. The molecule has 0 atom stereocenters. The minimum atomic E-state index is -0.458. The summed E-state index contributed by atoms with van der Waals surface area (Å²) in [5.74, 6) is 0.0376. The van der Waals surface area contributed by atoms with E-state index in [0.717, 1.165) is 21.9 Å². The average molecular weight is 425 g/mol. The predicted molar refractivity (Wildman–Crippen MR) is 122 cm³/mol. The van der Waals surface area contributed by atoms with E-state index in [4.69, 9.17) is 9.15 Å². The zero-order valence-corrected chi connectivity index (χ0v) is 17.2. The van der Waals surface area contributed by atoms with Crippen LogP contribution in [-0.2, 0) is 6.54 Å². The normalized spacial score (nSPS) is 11.0. The van der Waals surface area contributed by atoms with Gasteiger partial charge in [0, 0.05) is 22.9 Å². The number of methoxy groups -OCH3 is 1. The highest BCUT2D eigenvalue weighted by Crippen LogP contribution is 2.36. The number of anilines is 1. The van der Waals surface area contributed by atoms with Gasteiger partial charge in [-0.2, -0.15) is 5.10 Å². The molecular formula is C25H19N3O4. The Kier molecular flexibility index (Phi) is 4.91. The molecule has 0 aliphatic heterocycles. The Labute approximate surface area is 182 Å². The number of carbonyl (C=O) groups excluding carboxylic acids is 1. The molecular weight excluding hydrogens is 406 g/mol. The van der Waals surface area contributed by atoms with E-state index in [1.165, 1.54) is 23.9 Å². The molecule has 0 bridgehead atoms. The number of aromatic nitrogens is 2. The van der Waals surface area contributed by atoms with Gasteiger partial charge in [-0.15, -0.1) is 0 Å². The van der Waals surface area contributed by atoms with Crippen molar-refractivity contribution in [2.75, 3.05) is 12.4 Å². The van der Waals surface area contributed by atoms with Crippen molar-refractivity contribution in [3.05, 3.63) is 100 Å². The number of para-hydroxylation sites is 1. The summed E-state index contributed by atoms with van der Waals surface area (Å²) in [6.45, 7) is 0.273. The Hall–Kier alpha value is -4.39. The maximum absolute atomic E-state index is 12.9. The van der Waals surface area contributed by atoms with Crippen LogP contribution in [0.1, 0.15) is 16.1 Å². The monoisotopic (exact) mass is 425 g/mol. The molecule has 7 heteroatoms. The van der Waals surface area contributed by atoms with Gasteiger partial charge in [0.05, 0.1) is 19.3 Å². The van der Waals surface area contributed by atoms with Gasteiger partial charge in [-0.3, -0.25) is 9.59 Å². The first kappa shape index (κ1) is 19.6. The summed E-state index contributed by atoms with van der Waals surface area (Å²) in [6.07, 6.45) is 0. The number of nitrogens with one attached hydrogen (secondary N) is 1. The molecule has 0 saturated carbocycles. The van der Waals surface area contributed by atoms with Crippen molar-refractivity contribution in [1.29, 1.82) is 0 Å². The lowest BCUT2D eigenvalue weighted by Gasteiger charge is -2.11. The fourth-order valence-electron chi connectivity index (χ4n) is 3.64. The number of rotatable bonds is 5. The molecule has 0 spiro atoms. The fourth-order valence-corrected chi connectivity index (χ4v) is 3.64. The average Bonchev–Trinajstić information content (AvgIpc) is 3.18. The number of furan rings is 1. The summed E-state index contributed by atoms with van der Waals surface area (Å²) in [5.41, 5.74) is 2.58. The molecule has 0 radical (unpaired) electrons. The van der Waals surface area contributed by atoms with Crippen molar-refractivity contribution in [1.82, 2.24) is 9.78 Å². The number of amides is 1. The molecule has 0 saturated heterocycles. The van der Waals surface area contributed by atoms with Gasteiger partial charge in [0.2, 0.25) is 0 Å². The zero-order chi connectivity index (χ0) is 22.1. The first-order valence-corrected chi connectivity index (χ1v) is 10.0. The van der Waals surface area contributed by atoms with Gasteiger partial charge in [0.25, 0.3) is 11.5 Å². The quantitative estimate of drug-likeness (QED) is 0.450. The third kappa shape index (κ3) is 3.60. The van der Waals surface area contributed by atoms with E-state index in [1.807, 2.05) is 60.7 Å². The van der Waals surface area contributed by atoms with E-state index >= 15 is 0 Å². The summed E-state index contributed by atoms with van der Waals surface area (Å²) in [5, 5.41) is 8.93. The highest BCUT2D eigenvalue weighted by molar-refractivity contribution is 6.09. The van der Waals surface area contributed by atoms with Gasteiger partial charge in [-0.25, -0.2) is 4.68 Å². The largest absolute Gasteiger partial charge is 0.495 e. The van der Waals surface area contributed by atoms with Crippen LogP contribution in [0.4, 0.5) is 5.69 Å². The number of ether oxygens (including phenoxy) is 1. The standard InChI is InChI=1S/C25H19N3O4/c1-31-23-13-18-17-9-5-6-10-21(17)32-22(18)14-20(23)26-25(30)19-11-12-24(29)28(27-19)15-16-7-3-2-4-8-16/h2-14H,15H2,1H3,(H,26,30). The van der Waals surface area contributed by atoms with Crippen LogP contribution in [0.25, 0.3) is 21.9 Å². The Morgan fingerprint density at radius 2 is 1.75 bits per heavy atom. The van der Waals surface area contributed by atoms with Crippen LogP contribution in [0.15, 0.2) is 88.1 Å². The lowest BCUT2D eigenvalue weighted by Crippen LogP contribution is -2.26. The number of hydrogen-bond donors (Lipinski definition) is 1. The lowest BCUT2D eigenvalue weighted by molar-refractivity contribution is 0.101. The van der Waals surface area contributed by atoms with Gasteiger partial charge in [0.1, 0.15) is 22.6 Å². The molecule has 32 heavy (non-hydrogen) atoms. The van der Waals surface area contributed by atoms with Crippen LogP contribution in [0.5, 0.6) is 5.75 Å². The molecule has 1 amide bonds. The zero-order valence-electron chi connectivity index (χ0n) is 17.2. The molecule has 7 nitrogen and oxygen atoms in total. The van der Waals surface area contributed by atoms with Crippen LogP contribution in [-0.4, -0.2) is 22.8 Å². The minimum Gasteiger partial charge on any atom is -0.495 e. The van der Waals surface area contributed by atoms with E-state index in [1.54, 1.807) is 6.07 Å². The van der Waals surface area contributed by atoms with Gasteiger partial charge in [-0.05, 0) is 23.8 Å². The first-order chi connectivity index (χ1) is 15.6. The van der Waals surface area contributed by atoms with Crippen LogP contribution < -0.4 is 15.6 Å². The second kappa shape index (κ2) is 8.03. The second-order valence-corrected chi connectivity index (χ2v) is 7.30. The van der Waals surface area contributed by atoms with Gasteiger partial charge >= 0.3 is 0 Å². The summed E-state index contributed by atoms with van der Waals surface area (Å²) in [4.78, 5) is 25.2. The molecule has 2 aromatic heterocycles. The predicted octanol–water partition coefficient (Wildman–Crippen LogP) is 4.45. The second-order valence-electron chi connectivity index (χ2n) is 7.30. The molecule has 0 aliphatic rings. The molecule has 1 N–H and O–H groups in total. The van der Waals surface area contributed by atoms with Crippen molar-refractivity contribution in [2.45, 2.75) is 6.54 Å². The summed E-state index contributed by atoms with van der Waals surface area (Å²) in [6, 6.07) is 23.5. The van der Waals surface area contributed by atoms with Crippen LogP contribution in [0.3, 0.4) is 0 Å². The minimum absolute atomic E-state index is 0.118. The topological polar surface area (TPSA) is 86.4 Å².